The molecule has 2 aromatic rings. The molecule has 0 spiro atoms. The van der Waals surface area contributed by atoms with Gasteiger partial charge < -0.3 is 14.7 Å². The first-order valence-electron chi connectivity index (χ1n) is 12.4. The zero-order chi connectivity index (χ0) is 24.7. The van der Waals surface area contributed by atoms with E-state index in [0.717, 1.165) is 23.5 Å². The third kappa shape index (κ3) is 7.27. The summed E-state index contributed by atoms with van der Waals surface area (Å²) in [5.74, 6) is 1.71. The van der Waals surface area contributed by atoms with Gasteiger partial charge in [-0.15, -0.1) is 10.2 Å². The highest BCUT2D eigenvalue weighted by atomic mass is 16.2. The number of aryl methyl sites for hydroxylation is 1. The fraction of sp³-hybridized carbons (Fsp3) is 0.556. The van der Waals surface area contributed by atoms with Crippen LogP contribution in [0.2, 0.25) is 0 Å². The summed E-state index contributed by atoms with van der Waals surface area (Å²) < 4.78 is 0. The van der Waals surface area contributed by atoms with Crippen molar-refractivity contribution in [3.8, 4) is 11.3 Å². The van der Waals surface area contributed by atoms with Crippen molar-refractivity contribution in [1.29, 1.82) is 0 Å². The van der Waals surface area contributed by atoms with E-state index in [1.807, 2.05) is 30.9 Å². The van der Waals surface area contributed by atoms with Gasteiger partial charge in [-0.2, -0.15) is 0 Å². The van der Waals surface area contributed by atoms with Gasteiger partial charge in [0.15, 0.2) is 5.82 Å². The summed E-state index contributed by atoms with van der Waals surface area (Å²) in [5, 5.41) is 8.84. The number of benzene rings is 1. The van der Waals surface area contributed by atoms with Crippen molar-refractivity contribution in [3.05, 3.63) is 42.0 Å². The highest BCUT2D eigenvalue weighted by molar-refractivity contribution is 5.85. The number of carbonyl (C=O) groups excluding carboxylic acids is 2. The van der Waals surface area contributed by atoms with Gasteiger partial charge in [0.1, 0.15) is 0 Å². The number of anilines is 1. The Hall–Kier alpha value is -2.96. The average Bonchev–Trinajstić information content (AvgIpc) is 2.81. The SMILES string of the molecule is Cc1ccc(-c2ccc(N3CCN(C(=O)CN(CCC(C)C)C(=O)CC(C)C)CC3)nn2)cc1. The number of carbonyl (C=O) groups is 2. The van der Waals surface area contributed by atoms with Crippen LogP contribution in [0.15, 0.2) is 36.4 Å². The van der Waals surface area contributed by atoms with Gasteiger partial charge in [-0.1, -0.05) is 57.5 Å². The Bertz CT molecular complexity index is 932. The van der Waals surface area contributed by atoms with Crippen LogP contribution in [-0.2, 0) is 9.59 Å². The molecule has 7 heteroatoms. The molecular formula is C27H39N5O2. The molecule has 3 rings (SSSR count). The lowest BCUT2D eigenvalue weighted by molar-refractivity contribution is -0.141. The third-order valence-electron chi connectivity index (χ3n) is 6.19. The maximum atomic E-state index is 13.0. The molecule has 0 N–H and O–H groups in total. The fourth-order valence-electron chi connectivity index (χ4n) is 4.00. The van der Waals surface area contributed by atoms with Crippen molar-refractivity contribution in [2.75, 3.05) is 44.2 Å². The number of rotatable bonds is 9. The van der Waals surface area contributed by atoms with E-state index in [1.54, 1.807) is 4.90 Å². The van der Waals surface area contributed by atoms with Crippen LogP contribution in [-0.4, -0.2) is 71.1 Å². The van der Waals surface area contributed by atoms with Crippen LogP contribution in [0.1, 0.15) is 46.1 Å². The van der Waals surface area contributed by atoms with E-state index in [4.69, 9.17) is 0 Å². The minimum Gasteiger partial charge on any atom is -0.352 e. The van der Waals surface area contributed by atoms with Crippen LogP contribution in [0.5, 0.6) is 0 Å². The van der Waals surface area contributed by atoms with Crippen molar-refractivity contribution in [3.63, 3.8) is 0 Å². The molecule has 0 atom stereocenters. The van der Waals surface area contributed by atoms with Crippen LogP contribution in [0.4, 0.5) is 5.82 Å². The fourth-order valence-corrected chi connectivity index (χ4v) is 4.00. The van der Waals surface area contributed by atoms with E-state index >= 15 is 0 Å². The molecular weight excluding hydrogens is 426 g/mol. The Kier molecular flexibility index (Phi) is 9.02. The summed E-state index contributed by atoms with van der Waals surface area (Å²) in [6.07, 6.45) is 1.39. The monoisotopic (exact) mass is 465 g/mol. The highest BCUT2D eigenvalue weighted by Gasteiger charge is 2.25. The Morgan fingerprint density at radius 3 is 2.15 bits per heavy atom. The quantitative estimate of drug-likeness (QED) is 0.559. The van der Waals surface area contributed by atoms with Gasteiger partial charge in [0.25, 0.3) is 0 Å². The van der Waals surface area contributed by atoms with Crippen LogP contribution < -0.4 is 4.90 Å². The summed E-state index contributed by atoms with van der Waals surface area (Å²) in [7, 11) is 0. The summed E-state index contributed by atoms with van der Waals surface area (Å²) >= 11 is 0. The Morgan fingerprint density at radius 2 is 1.59 bits per heavy atom. The number of amides is 2. The molecule has 0 aliphatic carbocycles. The number of hydrogen-bond acceptors (Lipinski definition) is 5. The Morgan fingerprint density at radius 1 is 0.912 bits per heavy atom. The van der Waals surface area contributed by atoms with Crippen LogP contribution in [0, 0.1) is 18.8 Å². The molecule has 0 saturated carbocycles. The van der Waals surface area contributed by atoms with E-state index in [1.165, 1.54) is 5.56 Å². The Labute approximate surface area is 204 Å². The number of nitrogens with zero attached hydrogens (tertiary/aromatic N) is 5. The minimum absolute atomic E-state index is 0.0290. The van der Waals surface area contributed by atoms with Crippen molar-refractivity contribution < 1.29 is 9.59 Å². The standard InChI is InChI=1S/C27H39N5O2/c1-20(2)12-13-32(26(33)18-21(3)4)19-27(34)31-16-14-30(15-17-31)25-11-10-24(28-29-25)23-8-6-22(5)7-9-23/h6-11,20-21H,12-19H2,1-5H3. The topological polar surface area (TPSA) is 69.6 Å². The van der Waals surface area contributed by atoms with Crippen molar-refractivity contribution >= 4 is 17.6 Å². The highest BCUT2D eigenvalue weighted by Crippen LogP contribution is 2.20. The largest absolute Gasteiger partial charge is 0.352 e. The smallest absolute Gasteiger partial charge is 0.242 e. The van der Waals surface area contributed by atoms with Crippen molar-refractivity contribution in [1.82, 2.24) is 20.0 Å². The second kappa shape index (κ2) is 12.0. The maximum absolute atomic E-state index is 13.0. The lowest BCUT2D eigenvalue weighted by atomic mass is 10.1. The van der Waals surface area contributed by atoms with Crippen molar-refractivity contribution in [2.24, 2.45) is 11.8 Å². The molecule has 34 heavy (non-hydrogen) atoms. The van der Waals surface area contributed by atoms with E-state index < -0.39 is 0 Å². The lowest BCUT2D eigenvalue weighted by Gasteiger charge is -2.36. The molecule has 0 bridgehead atoms. The maximum Gasteiger partial charge on any atom is 0.242 e. The van der Waals surface area contributed by atoms with Gasteiger partial charge in [0, 0.05) is 44.7 Å². The van der Waals surface area contributed by atoms with E-state index in [2.05, 4.69) is 60.1 Å². The van der Waals surface area contributed by atoms with E-state index in [-0.39, 0.29) is 24.3 Å². The normalized spacial score (nSPS) is 14.1. The second-order valence-corrected chi connectivity index (χ2v) is 10.1. The molecule has 2 heterocycles. The summed E-state index contributed by atoms with van der Waals surface area (Å²) in [5.41, 5.74) is 3.12. The van der Waals surface area contributed by atoms with Gasteiger partial charge >= 0.3 is 0 Å². The first kappa shape index (κ1) is 25.7. The predicted octanol–water partition coefficient (Wildman–Crippen LogP) is 4.02. The minimum atomic E-state index is 0.0290. The van der Waals surface area contributed by atoms with Crippen molar-refractivity contribution in [2.45, 2.75) is 47.5 Å². The second-order valence-electron chi connectivity index (χ2n) is 10.1. The van der Waals surface area contributed by atoms with Crippen LogP contribution in [0.3, 0.4) is 0 Å². The van der Waals surface area contributed by atoms with Gasteiger partial charge in [0.05, 0.1) is 12.2 Å². The first-order valence-corrected chi connectivity index (χ1v) is 12.4. The molecule has 1 aromatic heterocycles. The van der Waals surface area contributed by atoms with Gasteiger partial charge in [-0.25, -0.2) is 0 Å². The molecule has 184 valence electrons. The number of hydrogen-bond donors (Lipinski definition) is 0. The van der Waals surface area contributed by atoms with Gasteiger partial charge in [-0.05, 0) is 37.3 Å². The van der Waals surface area contributed by atoms with Crippen LogP contribution >= 0.6 is 0 Å². The lowest BCUT2D eigenvalue weighted by Crippen LogP contribution is -2.52. The predicted molar refractivity (Wildman–Crippen MR) is 136 cm³/mol. The first-order chi connectivity index (χ1) is 16.2. The number of aromatic nitrogens is 2. The zero-order valence-corrected chi connectivity index (χ0v) is 21.3. The summed E-state index contributed by atoms with van der Waals surface area (Å²) in [4.78, 5) is 31.5. The molecule has 0 unspecified atom stereocenters. The average molecular weight is 466 g/mol. The summed E-state index contributed by atoms with van der Waals surface area (Å²) in [6.45, 7) is 13.9. The molecule has 1 saturated heterocycles. The van der Waals surface area contributed by atoms with E-state index in [0.29, 0.717) is 45.1 Å². The molecule has 2 amide bonds. The van der Waals surface area contributed by atoms with Gasteiger partial charge in [0.2, 0.25) is 11.8 Å². The number of piperazine rings is 1. The zero-order valence-electron chi connectivity index (χ0n) is 21.3. The van der Waals surface area contributed by atoms with Gasteiger partial charge in [-0.3, -0.25) is 9.59 Å². The summed E-state index contributed by atoms with van der Waals surface area (Å²) in [6, 6.07) is 12.2. The molecule has 1 aromatic carbocycles. The molecule has 1 aliphatic rings. The van der Waals surface area contributed by atoms with Crippen LogP contribution in [0.25, 0.3) is 11.3 Å². The molecule has 1 fully saturated rings. The molecule has 7 nitrogen and oxygen atoms in total. The molecule has 1 aliphatic heterocycles. The molecule has 0 radical (unpaired) electrons. The third-order valence-corrected chi connectivity index (χ3v) is 6.19. The Balaban J connectivity index is 1.54. The van der Waals surface area contributed by atoms with E-state index in [9.17, 15) is 9.59 Å².